The van der Waals surface area contributed by atoms with Gasteiger partial charge in [-0.2, -0.15) is 0 Å². The molecule has 3 nitrogen and oxygen atoms in total. The lowest BCUT2D eigenvalue weighted by molar-refractivity contribution is 0.0955. The summed E-state index contributed by atoms with van der Waals surface area (Å²) in [4.78, 5) is 18.3. The summed E-state index contributed by atoms with van der Waals surface area (Å²) in [5, 5.41) is 2.97. The molecule has 0 radical (unpaired) electrons. The van der Waals surface area contributed by atoms with Crippen LogP contribution in [-0.4, -0.2) is 10.9 Å². The number of nitrogens with zero attached hydrogens (tertiary/aromatic N) is 1. The lowest BCUT2D eigenvalue weighted by atomic mass is 10.1. The lowest BCUT2D eigenvalue weighted by Gasteiger charge is -2.02. The minimum Gasteiger partial charge on any atom is -0.347 e. The summed E-state index contributed by atoms with van der Waals surface area (Å²) in [6.07, 6.45) is 6.64. The number of aromatic nitrogens is 1. The second kappa shape index (κ2) is 7.20. The van der Waals surface area contributed by atoms with Gasteiger partial charge in [0.1, 0.15) is 0 Å². The molecule has 4 heteroatoms. The molecule has 1 N–H and O–H groups in total. The number of hydrogen-bond donors (Lipinski definition) is 1. The van der Waals surface area contributed by atoms with Crippen molar-refractivity contribution in [3.63, 3.8) is 0 Å². The zero-order chi connectivity index (χ0) is 14.4. The normalized spacial score (nSPS) is 10.5. The maximum Gasteiger partial charge on any atom is 0.261 e. The molecular formula is C16H20N2OS. The van der Waals surface area contributed by atoms with Crippen LogP contribution >= 0.6 is 11.3 Å². The molecular weight excluding hydrogens is 268 g/mol. The van der Waals surface area contributed by atoms with E-state index in [1.807, 2.05) is 18.2 Å². The molecule has 0 atom stereocenters. The summed E-state index contributed by atoms with van der Waals surface area (Å²) in [6.45, 7) is 4.85. The number of carbonyl (C=O) groups excluding carboxylic acids is 1. The van der Waals surface area contributed by atoms with Crippen molar-refractivity contribution in [1.82, 2.24) is 10.3 Å². The van der Waals surface area contributed by atoms with Gasteiger partial charge in [-0.1, -0.05) is 20.3 Å². The lowest BCUT2D eigenvalue weighted by Crippen LogP contribution is -2.21. The second-order valence-corrected chi connectivity index (χ2v) is 5.84. The van der Waals surface area contributed by atoms with Crippen molar-refractivity contribution in [2.24, 2.45) is 0 Å². The summed E-state index contributed by atoms with van der Waals surface area (Å²) in [6, 6.07) is 5.86. The maximum atomic E-state index is 12.2. The Morgan fingerprint density at radius 1 is 1.30 bits per heavy atom. The molecule has 2 aromatic rings. The fourth-order valence-electron chi connectivity index (χ4n) is 2.09. The number of hydrogen-bond acceptors (Lipinski definition) is 3. The third-order valence-electron chi connectivity index (χ3n) is 3.18. The van der Waals surface area contributed by atoms with Crippen LogP contribution in [0.25, 0.3) is 0 Å². The van der Waals surface area contributed by atoms with Gasteiger partial charge in [0.2, 0.25) is 0 Å². The van der Waals surface area contributed by atoms with Crippen molar-refractivity contribution in [2.45, 2.75) is 39.7 Å². The van der Waals surface area contributed by atoms with Crippen molar-refractivity contribution in [3.05, 3.63) is 51.5 Å². The van der Waals surface area contributed by atoms with E-state index in [0.717, 1.165) is 29.7 Å². The molecule has 0 spiro atoms. The summed E-state index contributed by atoms with van der Waals surface area (Å²) < 4.78 is 0. The van der Waals surface area contributed by atoms with Gasteiger partial charge >= 0.3 is 0 Å². The Balaban J connectivity index is 2.02. The van der Waals surface area contributed by atoms with E-state index >= 15 is 0 Å². The fourth-order valence-corrected chi connectivity index (χ4v) is 3.36. The van der Waals surface area contributed by atoms with Gasteiger partial charge < -0.3 is 5.32 Å². The smallest absolute Gasteiger partial charge is 0.261 e. The predicted octanol–water partition coefficient (Wildman–Crippen LogP) is 3.59. The van der Waals surface area contributed by atoms with E-state index in [-0.39, 0.29) is 5.91 Å². The van der Waals surface area contributed by atoms with Gasteiger partial charge in [0.25, 0.3) is 5.91 Å². The van der Waals surface area contributed by atoms with Crippen molar-refractivity contribution >= 4 is 17.2 Å². The molecule has 2 aromatic heterocycles. The number of carbonyl (C=O) groups is 1. The number of thiophene rings is 1. The first-order valence-corrected chi connectivity index (χ1v) is 7.85. The van der Waals surface area contributed by atoms with Gasteiger partial charge in [-0.3, -0.25) is 9.78 Å². The molecule has 1 amide bonds. The van der Waals surface area contributed by atoms with E-state index in [1.165, 1.54) is 10.4 Å². The number of aryl methyl sites for hydroxylation is 2. The van der Waals surface area contributed by atoms with E-state index in [9.17, 15) is 4.79 Å². The molecule has 0 aliphatic carbocycles. The van der Waals surface area contributed by atoms with E-state index < -0.39 is 0 Å². The summed E-state index contributed by atoms with van der Waals surface area (Å²) in [5.74, 6) is 0.0175. The van der Waals surface area contributed by atoms with E-state index in [0.29, 0.717) is 6.54 Å². The maximum absolute atomic E-state index is 12.2. The molecule has 106 valence electrons. The quantitative estimate of drug-likeness (QED) is 0.882. The first-order chi connectivity index (χ1) is 9.74. The molecule has 0 saturated carbocycles. The Kier molecular flexibility index (Phi) is 5.30. The highest BCUT2D eigenvalue weighted by Gasteiger charge is 2.13. The minimum absolute atomic E-state index is 0.0175. The molecule has 20 heavy (non-hydrogen) atoms. The third kappa shape index (κ3) is 3.67. The summed E-state index contributed by atoms with van der Waals surface area (Å²) in [7, 11) is 0. The molecule has 2 heterocycles. The van der Waals surface area contributed by atoms with Crippen LogP contribution in [-0.2, 0) is 19.4 Å². The highest BCUT2D eigenvalue weighted by molar-refractivity contribution is 7.14. The van der Waals surface area contributed by atoms with Gasteiger partial charge in [-0.05, 0) is 42.2 Å². The van der Waals surface area contributed by atoms with Gasteiger partial charge in [0.05, 0.1) is 4.88 Å². The largest absolute Gasteiger partial charge is 0.347 e. The van der Waals surface area contributed by atoms with Gasteiger partial charge in [-0.15, -0.1) is 11.3 Å². The van der Waals surface area contributed by atoms with Crippen LogP contribution in [0.1, 0.15) is 45.9 Å². The predicted molar refractivity (Wildman–Crippen MR) is 83.1 cm³/mol. The Bertz CT molecular complexity index is 563. The second-order valence-electron chi connectivity index (χ2n) is 4.70. The first-order valence-electron chi connectivity index (χ1n) is 7.03. The van der Waals surface area contributed by atoms with Gasteiger partial charge in [-0.25, -0.2) is 0 Å². The van der Waals surface area contributed by atoms with Crippen molar-refractivity contribution < 1.29 is 4.79 Å². The van der Waals surface area contributed by atoms with E-state index in [4.69, 9.17) is 0 Å². The molecule has 0 aliphatic rings. The monoisotopic (exact) mass is 288 g/mol. The van der Waals surface area contributed by atoms with E-state index in [1.54, 1.807) is 23.7 Å². The molecule has 0 bridgehead atoms. The Labute approximate surface area is 124 Å². The van der Waals surface area contributed by atoms with Crippen LogP contribution in [0.4, 0.5) is 0 Å². The molecule has 2 rings (SSSR count). The standard InChI is InChI=1S/C16H20N2OS/c1-3-5-14-13(4-2)10-15(20-14)16(19)18-11-12-6-8-17-9-7-12/h6-10H,3-5,11H2,1-2H3,(H,18,19). The summed E-state index contributed by atoms with van der Waals surface area (Å²) in [5.41, 5.74) is 2.38. The first kappa shape index (κ1) is 14.7. The van der Waals surface area contributed by atoms with Gasteiger partial charge in [0.15, 0.2) is 0 Å². The summed E-state index contributed by atoms with van der Waals surface area (Å²) >= 11 is 1.63. The number of amides is 1. The average molecular weight is 288 g/mol. The van der Waals surface area contributed by atoms with E-state index in [2.05, 4.69) is 24.1 Å². The molecule has 0 saturated heterocycles. The number of pyridine rings is 1. The van der Waals surface area contributed by atoms with Crippen LogP contribution in [0.2, 0.25) is 0 Å². The van der Waals surface area contributed by atoms with Crippen LogP contribution in [0.15, 0.2) is 30.6 Å². The molecule has 0 aromatic carbocycles. The van der Waals surface area contributed by atoms with Gasteiger partial charge in [0, 0.05) is 23.8 Å². The average Bonchev–Trinajstić information content (AvgIpc) is 2.89. The van der Waals surface area contributed by atoms with Crippen LogP contribution in [0.5, 0.6) is 0 Å². The van der Waals surface area contributed by atoms with Crippen molar-refractivity contribution in [3.8, 4) is 0 Å². The molecule has 0 unspecified atom stereocenters. The minimum atomic E-state index is 0.0175. The molecule has 0 fully saturated rings. The van der Waals surface area contributed by atoms with Crippen LogP contribution < -0.4 is 5.32 Å². The highest BCUT2D eigenvalue weighted by atomic mass is 32.1. The SMILES string of the molecule is CCCc1sc(C(=O)NCc2ccncc2)cc1CC. The fraction of sp³-hybridized carbons (Fsp3) is 0.375. The Morgan fingerprint density at radius 3 is 2.70 bits per heavy atom. The van der Waals surface area contributed by atoms with Crippen LogP contribution in [0, 0.1) is 0 Å². The van der Waals surface area contributed by atoms with Crippen LogP contribution in [0.3, 0.4) is 0 Å². The Hall–Kier alpha value is -1.68. The number of rotatable bonds is 6. The zero-order valence-corrected chi connectivity index (χ0v) is 12.8. The Morgan fingerprint density at radius 2 is 2.05 bits per heavy atom. The molecule has 0 aliphatic heterocycles. The third-order valence-corrected chi connectivity index (χ3v) is 4.42. The zero-order valence-electron chi connectivity index (χ0n) is 12.0. The highest BCUT2D eigenvalue weighted by Crippen LogP contribution is 2.24. The van der Waals surface area contributed by atoms with Crippen molar-refractivity contribution in [2.75, 3.05) is 0 Å². The number of nitrogens with one attached hydrogen (secondary N) is 1. The topological polar surface area (TPSA) is 42.0 Å². The van der Waals surface area contributed by atoms with Crippen molar-refractivity contribution in [1.29, 1.82) is 0 Å².